The third-order valence-electron chi connectivity index (χ3n) is 2.02. The number of anilines is 1. The van der Waals surface area contributed by atoms with Gasteiger partial charge in [-0.3, -0.25) is 0 Å². The van der Waals surface area contributed by atoms with Crippen LogP contribution in [0.15, 0.2) is 12.1 Å². The lowest BCUT2D eigenvalue weighted by atomic mass is 10.1. The Kier molecular flexibility index (Phi) is 4.69. The molecule has 0 fully saturated rings. The van der Waals surface area contributed by atoms with E-state index >= 15 is 0 Å². The molecule has 0 aliphatic heterocycles. The number of nitrogens with zero attached hydrogens (tertiary/aromatic N) is 1. The van der Waals surface area contributed by atoms with E-state index in [-0.39, 0.29) is 0 Å². The van der Waals surface area contributed by atoms with E-state index in [4.69, 9.17) is 22.1 Å². The minimum Gasteiger partial charge on any atom is -0.476 e. The topological polar surface area (TPSA) is 48.1 Å². The van der Waals surface area contributed by atoms with Crippen LogP contribution in [-0.2, 0) is 0 Å². The standard InChI is InChI=1S/C11H17ClN2O/c1-8(2)4-3-7-15-11-9(13)5-6-10(12)14-11/h5-6,8H,3-4,7,13H2,1-2H3. The van der Waals surface area contributed by atoms with E-state index in [0.29, 0.717) is 29.2 Å². The maximum Gasteiger partial charge on any atom is 0.238 e. The molecule has 2 N–H and O–H groups in total. The number of pyridine rings is 1. The van der Waals surface area contributed by atoms with Gasteiger partial charge in [0.05, 0.1) is 12.3 Å². The zero-order valence-corrected chi connectivity index (χ0v) is 9.92. The molecule has 0 amide bonds. The molecule has 15 heavy (non-hydrogen) atoms. The molecular formula is C11H17ClN2O. The first-order valence-corrected chi connectivity index (χ1v) is 5.52. The van der Waals surface area contributed by atoms with Crippen LogP contribution < -0.4 is 10.5 Å². The van der Waals surface area contributed by atoms with Crippen molar-refractivity contribution in [2.45, 2.75) is 26.7 Å². The van der Waals surface area contributed by atoms with Crippen molar-refractivity contribution >= 4 is 17.3 Å². The van der Waals surface area contributed by atoms with Crippen molar-refractivity contribution in [1.82, 2.24) is 4.98 Å². The number of rotatable bonds is 5. The summed E-state index contributed by atoms with van der Waals surface area (Å²) in [4.78, 5) is 4.01. The van der Waals surface area contributed by atoms with Crippen molar-refractivity contribution in [3.63, 3.8) is 0 Å². The van der Waals surface area contributed by atoms with Crippen LogP contribution in [0.25, 0.3) is 0 Å². The summed E-state index contributed by atoms with van der Waals surface area (Å²) in [5.74, 6) is 1.13. The van der Waals surface area contributed by atoms with E-state index < -0.39 is 0 Å². The molecule has 0 bridgehead atoms. The van der Waals surface area contributed by atoms with Crippen LogP contribution in [0.5, 0.6) is 5.88 Å². The van der Waals surface area contributed by atoms with Crippen LogP contribution >= 0.6 is 11.6 Å². The Hall–Kier alpha value is -0.960. The van der Waals surface area contributed by atoms with Gasteiger partial charge in [0.1, 0.15) is 5.15 Å². The predicted molar refractivity (Wildman–Crippen MR) is 63.2 cm³/mol. The highest BCUT2D eigenvalue weighted by Gasteiger charge is 2.03. The van der Waals surface area contributed by atoms with Gasteiger partial charge in [-0.1, -0.05) is 25.4 Å². The van der Waals surface area contributed by atoms with Crippen molar-refractivity contribution in [3.05, 3.63) is 17.3 Å². The summed E-state index contributed by atoms with van der Waals surface area (Å²) in [6.07, 6.45) is 2.14. The Bertz CT molecular complexity index is 315. The molecule has 84 valence electrons. The van der Waals surface area contributed by atoms with Crippen LogP contribution in [0, 0.1) is 5.92 Å². The molecule has 1 aromatic rings. The van der Waals surface area contributed by atoms with E-state index in [1.165, 1.54) is 0 Å². The van der Waals surface area contributed by atoms with Gasteiger partial charge in [-0.15, -0.1) is 0 Å². The van der Waals surface area contributed by atoms with E-state index in [0.717, 1.165) is 12.8 Å². The maximum atomic E-state index is 5.73. The molecule has 0 radical (unpaired) electrons. The van der Waals surface area contributed by atoms with Crippen molar-refractivity contribution in [3.8, 4) is 5.88 Å². The molecule has 0 unspecified atom stereocenters. The highest BCUT2D eigenvalue weighted by atomic mass is 35.5. The molecular weight excluding hydrogens is 212 g/mol. The lowest BCUT2D eigenvalue weighted by molar-refractivity contribution is 0.289. The molecule has 0 spiro atoms. The van der Waals surface area contributed by atoms with Crippen molar-refractivity contribution in [2.24, 2.45) is 5.92 Å². The number of halogens is 1. The van der Waals surface area contributed by atoms with Gasteiger partial charge in [0.25, 0.3) is 0 Å². The third-order valence-corrected chi connectivity index (χ3v) is 2.23. The minimum absolute atomic E-state index is 0.406. The SMILES string of the molecule is CC(C)CCCOc1nc(Cl)ccc1N. The molecule has 3 nitrogen and oxygen atoms in total. The Morgan fingerprint density at radius 2 is 2.20 bits per heavy atom. The van der Waals surface area contributed by atoms with E-state index in [9.17, 15) is 0 Å². The first kappa shape index (κ1) is 12.1. The number of hydrogen-bond donors (Lipinski definition) is 1. The van der Waals surface area contributed by atoms with Crippen LogP contribution in [0.1, 0.15) is 26.7 Å². The molecule has 0 aliphatic carbocycles. The van der Waals surface area contributed by atoms with Gasteiger partial charge in [-0.25, -0.2) is 0 Å². The lowest BCUT2D eigenvalue weighted by Crippen LogP contribution is -2.03. The van der Waals surface area contributed by atoms with Crippen LogP contribution in [-0.4, -0.2) is 11.6 Å². The predicted octanol–water partition coefficient (Wildman–Crippen LogP) is 3.13. The van der Waals surface area contributed by atoms with Gasteiger partial charge in [0, 0.05) is 0 Å². The fourth-order valence-electron chi connectivity index (χ4n) is 1.20. The van der Waals surface area contributed by atoms with Gasteiger partial charge >= 0.3 is 0 Å². The molecule has 0 saturated carbocycles. The zero-order valence-electron chi connectivity index (χ0n) is 9.16. The average Bonchev–Trinajstić information content (AvgIpc) is 2.17. The van der Waals surface area contributed by atoms with Crippen LogP contribution in [0.2, 0.25) is 5.15 Å². The second-order valence-corrected chi connectivity index (χ2v) is 4.30. The van der Waals surface area contributed by atoms with Gasteiger partial charge in [-0.2, -0.15) is 4.98 Å². The third kappa shape index (κ3) is 4.38. The summed E-state index contributed by atoms with van der Waals surface area (Å²) in [5.41, 5.74) is 6.22. The quantitative estimate of drug-likeness (QED) is 0.622. The monoisotopic (exact) mass is 228 g/mol. The molecule has 0 saturated heterocycles. The summed E-state index contributed by atoms with van der Waals surface area (Å²) in [5, 5.41) is 0.406. The fraction of sp³-hybridized carbons (Fsp3) is 0.545. The summed E-state index contributed by atoms with van der Waals surface area (Å²) in [6, 6.07) is 3.35. The Balaban J connectivity index is 2.40. The molecule has 0 aromatic carbocycles. The summed E-state index contributed by atoms with van der Waals surface area (Å²) in [6.45, 7) is 5.01. The number of nitrogens with two attached hydrogens (primary N) is 1. The van der Waals surface area contributed by atoms with Crippen molar-refractivity contribution in [1.29, 1.82) is 0 Å². The Morgan fingerprint density at radius 1 is 1.47 bits per heavy atom. The van der Waals surface area contributed by atoms with Crippen LogP contribution in [0.4, 0.5) is 5.69 Å². The van der Waals surface area contributed by atoms with Gasteiger partial charge in [-0.05, 0) is 30.9 Å². The highest BCUT2D eigenvalue weighted by Crippen LogP contribution is 2.21. The molecule has 0 aliphatic rings. The van der Waals surface area contributed by atoms with Gasteiger partial charge < -0.3 is 10.5 Å². The number of aromatic nitrogens is 1. The number of hydrogen-bond acceptors (Lipinski definition) is 3. The zero-order chi connectivity index (χ0) is 11.3. The van der Waals surface area contributed by atoms with E-state index in [2.05, 4.69) is 18.8 Å². The first-order valence-electron chi connectivity index (χ1n) is 5.14. The minimum atomic E-state index is 0.406. The molecule has 0 atom stereocenters. The number of nitrogen functional groups attached to an aromatic ring is 1. The first-order chi connectivity index (χ1) is 7.09. The maximum absolute atomic E-state index is 5.73. The lowest BCUT2D eigenvalue weighted by Gasteiger charge is -2.08. The average molecular weight is 229 g/mol. The Morgan fingerprint density at radius 3 is 2.87 bits per heavy atom. The second kappa shape index (κ2) is 5.81. The summed E-state index contributed by atoms with van der Waals surface area (Å²) < 4.78 is 5.45. The normalized spacial score (nSPS) is 10.7. The fourth-order valence-corrected chi connectivity index (χ4v) is 1.34. The smallest absolute Gasteiger partial charge is 0.238 e. The van der Waals surface area contributed by atoms with Crippen molar-refractivity contribution < 1.29 is 4.74 Å². The van der Waals surface area contributed by atoms with E-state index in [1.807, 2.05) is 0 Å². The number of ether oxygens (including phenoxy) is 1. The molecule has 1 aromatic heterocycles. The second-order valence-electron chi connectivity index (χ2n) is 3.91. The Labute approximate surface area is 95.6 Å². The highest BCUT2D eigenvalue weighted by molar-refractivity contribution is 6.29. The molecule has 4 heteroatoms. The summed E-state index contributed by atoms with van der Waals surface area (Å²) in [7, 11) is 0. The molecule has 1 heterocycles. The molecule has 1 rings (SSSR count). The van der Waals surface area contributed by atoms with Gasteiger partial charge in [0.15, 0.2) is 0 Å². The largest absolute Gasteiger partial charge is 0.476 e. The van der Waals surface area contributed by atoms with Crippen LogP contribution in [0.3, 0.4) is 0 Å². The van der Waals surface area contributed by atoms with Crippen molar-refractivity contribution in [2.75, 3.05) is 12.3 Å². The summed E-state index contributed by atoms with van der Waals surface area (Å²) >= 11 is 5.73. The van der Waals surface area contributed by atoms with Gasteiger partial charge in [0.2, 0.25) is 5.88 Å². The van der Waals surface area contributed by atoms with E-state index in [1.54, 1.807) is 12.1 Å².